The van der Waals surface area contributed by atoms with Crippen molar-refractivity contribution in [2.45, 2.75) is 6.92 Å². The van der Waals surface area contributed by atoms with Crippen LogP contribution in [0.1, 0.15) is 17.3 Å². The molecule has 0 spiro atoms. The van der Waals surface area contributed by atoms with E-state index in [0.29, 0.717) is 0 Å². The molecular weight excluding hydrogens is 322 g/mol. The number of halogens is 1. The van der Waals surface area contributed by atoms with Crippen LogP contribution in [0.5, 0.6) is 5.75 Å². The Bertz CT molecular complexity index is 727. The SMILES string of the molecule is CCN1C(=O)C(Cl)=C(Nc2cccc(C(=O)N(C)C)c2O)C1=O. The average Bonchev–Trinajstić information content (AvgIpc) is 2.71. The third-order valence-corrected chi connectivity index (χ3v) is 3.71. The molecule has 1 aromatic carbocycles. The summed E-state index contributed by atoms with van der Waals surface area (Å²) in [6.45, 7) is 1.83. The molecule has 0 unspecified atom stereocenters. The molecule has 0 fully saturated rings. The fourth-order valence-electron chi connectivity index (χ4n) is 2.13. The number of likely N-dealkylation sites (N-methyl/N-ethyl adjacent to an activating group) is 1. The van der Waals surface area contributed by atoms with Crippen LogP contribution < -0.4 is 5.32 Å². The van der Waals surface area contributed by atoms with Crippen LogP contribution in [-0.4, -0.2) is 53.3 Å². The number of carbonyl (C=O) groups excluding carboxylic acids is 3. The highest BCUT2D eigenvalue weighted by molar-refractivity contribution is 6.48. The van der Waals surface area contributed by atoms with E-state index in [0.717, 1.165) is 4.90 Å². The van der Waals surface area contributed by atoms with Crippen molar-refractivity contribution in [3.05, 3.63) is 34.5 Å². The van der Waals surface area contributed by atoms with Crippen LogP contribution in [0.3, 0.4) is 0 Å². The summed E-state index contributed by atoms with van der Waals surface area (Å²) in [6.07, 6.45) is 0. The molecule has 1 aliphatic heterocycles. The predicted octanol–water partition coefficient (Wildman–Crippen LogP) is 1.34. The third kappa shape index (κ3) is 2.87. The number of benzene rings is 1. The maximum absolute atomic E-state index is 12.1. The highest BCUT2D eigenvalue weighted by atomic mass is 35.5. The fourth-order valence-corrected chi connectivity index (χ4v) is 2.36. The minimum atomic E-state index is -0.596. The van der Waals surface area contributed by atoms with Gasteiger partial charge in [0, 0.05) is 20.6 Å². The summed E-state index contributed by atoms with van der Waals surface area (Å²) in [5, 5.41) is 12.6. The van der Waals surface area contributed by atoms with Gasteiger partial charge in [-0.3, -0.25) is 19.3 Å². The van der Waals surface area contributed by atoms with E-state index in [1.165, 1.54) is 17.0 Å². The number of phenolic OH excluding ortho intramolecular Hbond substituents is 1. The Labute approximate surface area is 138 Å². The molecule has 1 heterocycles. The average molecular weight is 338 g/mol. The zero-order valence-corrected chi connectivity index (χ0v) is 13.6. The Morgan fingerprint density at radius 2 is 1.96 bits per heavy atom. The molecule has 0 saturated heterocycles. The van der Waals surface area contributed by atoms with E-state index >= 15 is 0 Å². The largest absolute Gasteiger partial charge is 0.505 e. The zero-order chi connectivity index (χ0) is 17.3. The van der Waals surface area contributed by atoms with E-state index in [2.05, 4.69) is 5.32 Å². The molecule has 2 rings (SSSR count). The van der Waals surface area contributed by atoms with Gasteiger partial charge < -0.3 is 15.3 Å². The summed E-state index contributed by atoms with van der Waals surface area (Å²) >= 11 is 5.90. The molecule has 2 N–H and O–H groups in total. The number of nitrogens with zero attached hydrogens (tertiary/aromatic N) is 2. The second-order valence-electron chi connectivity index (χ2n) is 5.07. The summed E-state index contributed by atoms with van der Waals surface area (Å²) in [4.78, 5) is 38.3. The summed E-state index contributed by atoms with van der Waals surface area (Å²) in [7, 11) is 3.11. The number of carbonyl (C=O) groups is 3. The third-order valence-electron chi connectivity index (χ3n) is 3.36. The van der Waals surface area contributed by atoms with Gasteiger partial charge in [0.1, 0.15) is 10.7 Å². The lowest BCUT2D eigenvalue weighted by Gasteiger charge is -2.15. The van der Waals surface area contributed by atoms with Crippen LogP contribution in [0.2, 0.25) is 0 Å². The summed E-state index contributed by atoms with van der Waals surface area (Å²) in [5.41, 5.74) is 0.0639. The number of imide groups is 1. The van der Waals surface area contributed by atoms with Gasteiger partial charge in [-0.25, -0.2) is 0 Å². The number of hydrogen-bond donors (Lipinski definition) is 2. The molecule has 0 atom stereocenters. The molecule has 7 nitrogen and oxygen atoms in total. The van der Waals surface area contributed by atoms with E-state index in [1.54, 1.807) is 27.1 Å². The number of amides is 3. The van der Waals surface area contributed by atoms with Crippen molar-refractivity contribution >= 4 is 35.0 Å². The van der Waals surface area contributed by atoms with Crippen molar-refractivity contribution in [3.8, 4) is 5.75 Å². The van der Waals surface area contributed by atoms with Gasteiger partial charge in [-0.05, 0) is 19.1 Å². The van der Waals surface area contributed by atoms with Gasteiger partial charge >= 0.3 is 0 Å². The Hall–Kier alpha value is -2.54. The topological polar surface area (TPSA) is 90.0 Å². The maximum Gasteiger partial charge on any atom is 0.278 e. The van der Waals surface area contributed by atoms with Crippen LogP contribution in [0, 0.1) is 0 Å². The van der Waals surface area contributed by atoms with Crippen LogP contribution in [0.15, 0.2) is 28.9 Å². The molecule has 8 heteroatoms. The first-order chi connectivity index (χ1) is 10.8. The van der Waals surface area contributed by atoms with E-state index in [9.17, 15) is 19.5 Å². The second-order valence-corrected chi connectivity index (χ2v) is 5.45. The van der Waals surface area contributed by atoms with Crippen molar-refractivity contribution in [1.29, 1.82) is 0 Å². The zero-order valence-electron chi connectivity index (χ0n) is 12.9. The minimum Gasteiger partial charge on any atom is -0.505 e. The number of rotatable bonds is 4. The van der Waals surface area contributed by atoms with Crippen molar-refractivity contribution in [2.24, 2.45) is 0 Å². The number of anilines is 1. The number of para-hydroxylation sites is 1. The Kier molecular flexibility index (Phi) is 4.60. The molecule has 0 aliphatic carbocycles. The van der Waals surface area contributed by atoms with Crippen LogP contribution in [-0.2, 0) is 9.59 Å². The normalized spacial score (nSPS) is 14.5. The van der Waals surface area contributed by atoms with Crippen molar-refractivity contribution in [2.75, 3.05) is 26.0 Å². The molecule has 1 aliphatic rings. The predicted molar refractivity (Wildman–Crippen MR) is 85.0 cm³/mol. The van der Waals surface area contributed by atoms with Gasteiger partial charge in [-0.1, -0.05) is 17.7 Å². The number of hydrogen-bond acceptors (Lipinski definition) is 5. The summed E-state index contributed by atoms with van der Waals surface area (Å²) in [5.74, 6) is -1.89. The van der Waals surface area contributed by atoms with Crippen LogP contribution in [0.4, 0.5) is 5.69 Å². The molecule has 23 heavy (non-hydrogen) atoms. The quantitative estimate of drug-likeness (QED) is 0.639. The molecule has 1 aromatic rings. The van der Waals surface area contributed by atoms with E-state index in [-0.39, 0.29) is 34.3 Å². The van der Waals surface area contributed by atoms with E-state index in [1.807, 2.05) is 0 Å². The van der Waals surface area contributed by atoms with Crippen LogP contribution in [0.25, 0.3) is 0 Å². The van der Waals surface area contributed by atoms with E-state index in [4.69, 9.17) is 11.6 Å². The Morgan fingerprint density at radius 3 is 2.48 bits per heavy atom. The summed E-state index contributed by atoms with van der Waals surface area (Å²) in [6, 6.07) is 4.48. The van der Waals surface area contributed by atoms with Crippen LogP contribution >= 0.6 is 11.6 Å². The first-order valence-electron chi connectivity index (χ1n) is 6.86. The van der Waals surface area contributed by atoms with Gasteiger partial charge in [0.05, 0.1) is 11.3 Å². The van der Waals surface area contributed by atoms with Gasteiger partial charge in [0.25, 0.3) is 17.7 Å². The first-order valence-corrected chi connectivity index (χ1v) is 7.24. The molecular formula is C15H16ClN3O4. The van der Waals surface area contributed by atoms with Crippen molar-refractivity contribution < 1.29 is 19.5 Å². The highest BCUT2D eigenvalue weighted by Crippen LogP contribution is 2.32. The molecule has 0 radical (unpaired) electrons. The van der Waals surface area contributed by atoms with Gasteiger partial charge in [-0.2, -0.15) is 0 Å². The van der Waals surface area contributed by atoms with E-state index < -0.39 is 17.7 Å². The molecule has 0 saturated carbocycles. The monoisotopic (exact) mass is 337 g/mol. The standard InChI is InChI=1S/C15H16ClN3O4/c1-4-19-14(22)10(16)11(15(19)23)17-9-7-5-6-8(12(9)20)13(21)18(2)3/h5-7,17,20H,4H2,1-3H3. The highest BCUT2D eigenvalue weighted by Gasteiger charge is 2.37. The fraction of sp³-hybridized carbons (Fsp3) is 0.267. The number of phenols is 1. The lowest BCUT2D eigenvalue weighted by atomic mass is 10.1. The Balaban J connectivity index is 2.39. The lowest BCUT2D eigenvalue weighted by Crippen LogP contribution is -2.32. The number of nitrogens with one attached hydrogen (secondary N) is 1. The maximum atomic E-state index is 12.1. The lowest BCUT2D eigenvalue weighted by molar-refractivity contribution is -0.137. The summed E-state index contributed by atoms with van der Waals surface area (Å²) < 4.78 is 0. The Morgan fingerprint density at radius 1 is 1.30 bits per heavy atom. The molecule has 0 bridgehead atoms. The minimum absolute atomic E-state index is 0.0702. The molecule has 0 aromatic heterocycles. The molecule has 3 amide bonds. The van der Waals surface area contributed by atoms with Crippen molar-refractivity contribution in [1.82, 2.24) is 9.80 Å². The second kappa shape index (κ2) is 6.29. The van der Waals surface area contributed by atoms with Crippen molar-refractivity contribution in [3.63, 3.8) is 0 Å². The van der Waals surface area contributed by atoms with Gasteiger partial charge in [0.2, 0.25) is 0 Å². The van der Waals surface area contributed by atoms with Gasteiger partial charge in [0.15, 0.2) is 5.75 Å². The smallest absolute Gasteiger partial charge is 0.278 e. The van der Waals surface area contributed by atoms with Gasteiger partial charge in [-0.15, -0.1) is 0 Å². The molecule has 122 valence electrons. The first kappa shape index (κ1) is 16.8. The number of aromatic hydroxyl groups is 1.